The van der Waals surface area contributed by atoms with Crippen molar-refractivity contribution in [2.75, 3.05) is 79.0 Å². The van der Waals surface area contributed by atoms with Gasteiger partial charge in [-0.2, -0.15) is 0 Å². The van der Waals surface area contributed by atoms with Gasteiger partial charge >= 0.3 is 5.97 Å². The van der Waals surface area contributed by atoms with Crippen LogP contribution in [0.25, 0.3) is 0 Å². The van der Waals surface area contributed by atoms with Crippen LogP contribution >= 0.6 is 0 Å². The molecule has 3 atom stereocenters. The summed E-state index contributed by atoms with van der Waals surface area (Å²) in [6.45, 7) is 13.2. The van der Waals surface area contributed by atoms with Crippen LogP contribution in [0.4, 0.5) is 0 Å². The zero-order chi connectivity index (χ0) is 20.9. The minimum Gasteiger partial charge on any atom is -0.480 e. The van der Waals surface area contributed by atoms with Gasteiger partial charge in [0.2, 0.25) is 0 Å². The highest BCUT2D eigenvalue weighted by Gasteiger charge is 2.23. The first-order chi connectivity index (χ1) is 14.1. The Morgan fingerprint density at radius 1 is 0.828 bits per heavy atom. The molecule has 0 spiro atoms. The lowest BCUT2D eigenvalue weighted by atomic mass is 9.98. The molecule has 0 aromatic carbocycles. The van der Waals surface area contributed by atoms with Crippen molar-refractivity contribution in [2.45, 2.75) is 58.3 Å². The lowest BCUT2D eigenvalue weighted by molar-refractivity contribution is -0.138. The molecule has 170 valence electrons. The quantitative estimate of drug-likeness (QED) is 0.590. The van der Waals surface area contributed by atoms with Crippen LogP contribution in [0.1, 0.15) is 58.3 Å². The average Bonchev–Trinajstić information content (AvgIpc) is 2.68. The van der Waals surface area contributed by atoms with Gasteiger partial charge in [0.1, 0.15) is 0 Å². The zero-order valence-corrected chi connectivity index (χ0v) is 19.2. The maximum atomic E-state index is 11.4. The predicted octanol–water partition coefficient (Wildman–Crippen LogP) is 2.69. The van der Waals surface area contributed by atoms with E-state index in [1.165, 1.54) is 51.4 Å². The van der Waals surface area contributed by atoms with Crippen molar-refractivity contribution >= 4 is 5.97 Å². The topological polar surface area (TPSA) is 50.3 Å². The molecule has 0 aliphatic carbocycles. The second-order valence-electron chi connectivity index (χ2n) is 9.35. The van der Waals surface area contributed by atoms with Crippen molar-refractivity contribution in [2.24, 2.45) is 5.92 Å². The van der Waals surface area contributed by atoms with Gasteiger partial charge in [-0.1, -0.05) is 45.4 Å². The number of hydrogen-bond acceptors (Lipinski definition) is 5. The second kappa shape index (κ2) is 14.3. The maximum Gasteiger partial charge on any atom is 0.317 e. The van der Waals surface area contributed by atoms with Crippen molar-refractivity contribution in [1.29, 1.82) is 0 Å². The smallest absolute Gasteiger partial charge is 0.317 e. The molecule has 0 aromatic heterocycles. The molecule has 6 nitrogen and oxygen atoms in total. The highest BCUT2D eigenvalue weighted by Crippen LogP contribution is 2.17. The highest BCUT2D eigenvalue weighted by atomic mass is 16.4. The number of fused-ring (bicyclic) bond motifs is 3. The number of unbranched alkanes of at least 4 members (excludes halogenated alkanes) is 5. The molecule has 2 rings (SSSR count). The van der Waals surface area contributed by atoms with Crippen LogP contribution in [-0.2, 0) is 4.79 Å². The molecular weight excluding hydrogens is 364 g/mol. The van der Waals surface area contributed by atoms with Crippen molar-refractivity contribution in [1.82, 2.24) is 19.6 Å². The van der Waals surface area contributed by atoms with Gasteiger partial charge < -0.3 is 19.8 Å². The molecule has 2 aliphatic rings. The zero-order valence-electron chi connectivity index (χ0n) is 19.2. The third-order valence-corrected chi connectivity index (χ3v) is 6.63. The van der Waals surface area contributed by atoms with E-state index in [0.29, 0.717) is 5.92 Å². The van der Waals surface area contributed by atoms with Crippen molar-refractivity contribution in [3.05, 3.63) is 0 Å². The summed E-state index contributed by atoms with van der Waals surface area (Å²) in [5, 5.41) is 9.41. The van der Waals surface area contributed by atoms with Gasteiger partial charge in [0.25, 0.3) is 0 Å². The molecule has 2 aliphatic heterocycles. The standard InChI is InChI=1S/C23H46N4O2/c1-3-4-5-6-7-8-10-22-19-26-14-13-24(2)11-9-12-25(15-17-26)16-18-27(20-22)21-23(28)29/h22H,3-21H2,1-2H3,(H,28,29). The van der Waals surface area contributed by atoms with E-state index in [1.54, 1.807) is 0 Å². The molecule has 2 heterocycles. The Kier molecular flexibility index (Phi) is 12.2. The highest BCUT2D eigenvalue weighted by molar-refractivity contribution is 5.69. The Morgan fingerprint density at radius 3 is 2.31 bits per heavy atom. The molecule has 1 N–H and O–H groups in total. The maximum absolute atomic E-state index is 11.4. The first kappa shape index (κ1) is 24.6. The number of carboxylic acid groups (broad SMARTS) is 1. The second-order valence-corrected chi connectivity index (χ2v) is 9.35. The number of nitrogens with zero attached hydrogens (tertiary/aromatic N) is 4. The number of carbonyl (C=O) groups is 1. The van der Waals surface area contributed by atoms with E-state index in [2.05, 4.69) is 33.6 Å². The Labute approximate surface area is 179 Å². The number of carboxylic acids is 1. The lowest BCUT2D eigenvalue weighted by Crippen LogP contribution is -2.49. The van der Waals surface area contributed by atoms with Gasteiger partial charge in [0, 0.05) is 52.4 Å². The summed E-state index contributed by atoms with van der Waals surface area (Å²) in [6.07, 6.45) is 10.4. The third-order valence-electron chi connectivity index (χ3n) is 6.63. The third kappa shape index (κ3) is 10.8. The van der Waals surface area contributed by atoms with Gasteiger partial charge in [0.15, 0.2) is 0 Å². The van der Waals surface area contributed by atoms with Gasteiger partial charge in [-0.25, -0.2) is 0 Å². The molecule has 6 heteroatoms. The molecule has 3 unspecified atom stereocenters. The summed E-state index contributed by atoms with van der Waals surface area (Å²) < 4.78 is 0. The Bertz CT molecular complexity index is 449. The largest absolute Gasteiger partial charge is 0.480 e. The Balaban J connectivity index is 1.97. The molecule has 29 heavy (non-hydrogen) atoms. The molecule has 0 amide bonds. The van der Waals surface area contributed by atoms with E-state index in [-0.39, 0.29) is 6.54 Å². The van der Waals surface area contributed by atoms with E-state index < -0.39 is 5.97 Å². The van der Waals surface area contributed by atoms with Crippen LogP contribution in [0.15, 0.2) is 0 Å². The minimum atomic E-state index is -0.688. The van der Waals surface area contributed by atoms with Crippen LogP contribution < -0.4 is 0 Å². The van der Waals surface area contributed by atoms with Crippen LogP contribution in [0.2, 0.25) is 0 Å². The van der Waals surface area contributed by atoms with Crippen LogP contribution in [0.3, 0.4) is 0 Å². The van der Waals surface area contributed by atoms with Crippen LogP contribution in [-0.4, -0.2) is 110 Å². The van der Waals surface area contributed by atoms with Gasteiger partial charge in [-0.3, -0.25) is 9.69 Å². The van der Waals surface area contributed by atoms with Crippen molar-refractivity contribution in [3.8, 4) is 0 Å². The monoisotopic (exact) mass is 410 g/mol. The van der Waals surface area contributed by atoms with Crippen molar-refractivity contribution < 1.29 is 9.90 Å². The summed E-state index contributed by atoms with van der Waals surface area (Å²) >= 11 is 0. The van der Waals surface area contributed by atoms with Gasteiger partial charge in [-0.05, 0) is 38.9 Å². The van der Waals surface area contributed by atoms with Gasteiger partial charge in [-0.15, -0.1) is 0 Å². The average molecular weight is 411 g/mol. The van der Waals surface area contributed by atoms with Gasteiger partial charge in [0.05, 0.1) is 6.54 Å². The molecule has 2 fully saturated rings. The normalized spacial score (nSPS) is 28.3. The Morgan fingerprint density at radius 2 is 1.52 bits per heavy atom. The fourth-order valence-corrected chi connectivity index (χ4v) is 4.79. The van der Waals surface area contributed by atoms with E-state index in [4.69, 9.17) is 0 Å². The summed E-state index contributed by atoms with van der Waals surface area (Å²) in [6, 6.07) is 0. The summed E-state index contributed by atoms with van der Waals surface area (Å²) in [4.78, 5) is 21.3. The summed E-state index contributed by atoms with van der Waals surface area (Å²) in [5.41, 5.74) is 0. The molecule has 0 aromatic rings. The lowest BCUT2D eigenvalue weighted by Gasteiger charge is -2.37. The van der Waals surface area contributed by atoms with E-state index >= 15 is 0 Å². The Hall–Kier alpha value is -0.690. The first-order valence-corrected chi connectivity index (χ1v) is 12.1. The molecule has 0 saturated carbocycles. The molecule has 2 saturated heterocycles. The molecular formula is C23H46N4O2. The predicted molar refractivity (Wildman–Crippen MR) is 121 cm³/mol. The van der Waals surface area contributed by atoms with Crippen LogP contribution in [0.5, 0.6) is 0 Å². The fraction of sp³-hybridized carbons (Fsp3) is 0.957. The summed E-state index contributed by atoms with van der Waals surface area (Å²) in [5.74, 6) is -0.105. The SMILES string of the molecule is CCCCCCCCC1CN2CCN(C)CCCN(CC2)CCN(CC(=O)O)C1. The van der Waals surface area contributed by atoms with Crippen molar-refractivity contribution in [3.63, 3.8) is 0 Å². The molecule has 0 radical (unpaired) electrons. The van der Waals surface area contributed by atoms with E-state index in [1.807, 2.05) is 0 Å². The first-order valence-electron chi connectivity index (χ1n) is 12.1. The number of hydrogen-bond donors (Lipinski definition) is 1. The fourth-order valence-electron chi connectivity index (χ4n) is 4.79. The molecule has 2 bridgehead atoms. The number of likely N-dealkylation sites (N-methyl/N-ethyl adjacent to an activating group) is 1. The van der Waals surface area contributed by atoms with Crippen LogP contribution in [0, 0.1) is 5.92 Å². The summed E-state index contributed by atoms with van der Waals surface area (Å²) in [7, 11) is 2.25. The number of rotatable bonds is 9. The number of aliphatic carboxylic acids is 1. The van der Waals surface area contributed by atoms with E-state index in [0.717, 1.165) is 65.4 Å². The van der Waals surface area contributed by atoms with E-state index in [9.17, 15) is 9.90 Å². The minimum absolute atomic E-state index is 0.184.